The molecule has 1 aromatic heterocycles. The number of aromatic amines is 1. The molecular formula is C15H23N3O3. The third-order valence-electron chi connectivity index (χ3n) is 3.76. The van der Waals surface area contributed by atoms with Gasteiger partial charge in [0, 0.05) is 12.7 Å². The maximum atomic E-state index is 11.8. The predicted octanol–water partition coefficient (Wildman–Crippen LogP) is 1.58. The molecule has 0 spiro atoms. The van der Waals surface area contributed by atoms with E-state index in [1.54, 1.807) is 0 Å². The Hall–Kier alpha value is -1.82. The van der Waals surface area contributed by atoms with Crippen molar-refractivity contribution in [3.8, 4) is 0 Å². The number of carbonyl (C=O) groups excluding carboxylic acids is 2. The van der Waals surface area contributed by atoms with Crippen molar-refractivity contribution in [3.05, 3.63) is 23.5 Å². The summed E-state index contributed by atoms with van der Waals surface area (Å²) in [5, 5.41) is 2.76. The van der Waals surface area contributed by atoms with Gasteiger partial charge in [0.15, 0.2) is 0 Å². The molecule has 0 saturated heterocycles. The first kappa shape index (κ1) is 15.6. The number of ether oxygens (including phenoxy) is 1. The Morgan fingerprint density at radius 1 is 1.29 bits per heavy atom. The Morgan fingerprint density at radius 2 is 2.00 bits per heavy atom. The molecule has 1 fully saturated rings. The molecule has 0 aliphatic heterocycles. The van der Waals surface area contributed by atoms with Crippen molar-refractivity contribution in [2.45, 2.75) is 44.6 Å². The lowest BCUT2D eigenvalue weighted by molar-refractivity contribution is 0.0441. The van der Waals surface area contributed by atoms with Crippen LogP contribution in [0.2, 0.25) is 0 Å². The number of rotatable bonds is 6. The lowest BCUT2D eigenvalue weighted by Gasteiger charge is -2.15. The fraction of sp³-hybridized carbons (Fsp3) is 0.600. The van der Waals surface area contributed by atoms with Crippen LogP contribution in [-0.4, -0.2) is 36.1 Å². The van der Waals surface area contributed by atoms with Crippen molar-refractivity contribution in [3.63, 3.8) is 0 Å². The number of nitrogens with one attached hydrogen (secondary N) is 2. The van der Waals surface area contributed by atoms with Gasteiger partial charge in [0.05, 0.1) is 18.3 Å². The zero-order valence-corrected chi connectivity index (χ0v) is 12.2. The maximum Gasteiger partial charge on any atom is 0.267 e. The molecule has 116 valence electrons. The molecule has 21 heavy (non-hydrogen) atoms. The van der Waals surface area contributed by atoms with Crippen LogP contribution < -0.4 is 11.1 Å². The first-order valence-corrected chi connectivity index (χ1v) is 7.55. The van der Waals surface area contributed by atoms with Crippen LogP contribution in [0.4, 0.5) is 0 Å². The normalized spacial score (nSPS) is 16.4. The van der Waals surface area contributed by atoms with E-state index in [0.29, 0.717) is 30.5 Å². The predicted molar refractivity (Wildman–Crippen MR) is 79.1 cm³/mol. The van der Waals surface area contributed by atoms with Gasteiger partial charge in [-0.25, -0.2) is 0 Å². The van der Waals surface area contributed by atoms with Crippen LogP contribution in [0.1, 0.15) is 59.4 Å². The van der Waals surface area contributed by atoms with Gasteiger partial charge >= 0.3 is 0 Å². The van der Waals surface area contributed by atoms with Gasteiger partial charge in [0.1, 0.15) is 5.69 Å². The molecule has 1 heterocycles. The van der Waals surface area contributed by atoms with E-state index < -0.39 is 5.91 Å². The average Bonchev–Trinajstić information content (AvgIpc) is 2.82. The van der Waals surface area contributed by atoms with Crippen molar-refractivity contribution in [2.24, 2.45) is 5.73 Å². The SMILES string of the molecule is NC(=O)c1c[nH]c(C(=O)NCCOC2CCCCCC2)c1. The number of amides is 2. The Morgan fingerprint density at radius 3 is 2.62 bits per heavy atom. The first-order valence-electron chi connectivity index (χ1n) is 7.55. The van der Waals surface area contributed by atoms with Crippen molar-refractivity contribution < 1.29 is 14.3 Å². The molecule has 6 nitrogen and oxygen atoms in total. The van der Waals surface area contributed by atoms with Gasteiger partial charge in [-0.05, 0) is 18.9 Å². The third-order valence-corrected chi connectivity index (χ3v) is 3.76. The second-order valence-corrected chi connectivity index (χ2v) is 5.41. The largest absolute Gasteiger partial charge is 0.376 e. The number of aromatic nitrogens is 1. The van der Waals surface area contributed by atoms with E-state index in [2.05, 4.69) is 10.3 Å². The van der Waals surface area contributed by atoms with Gasteiger partial charge in [-0.2, -0.15) is 0 Å². The third kappa shape index (κ3) is 4.90. The highest BCUT2D eigenvalue weighted by Gasteiger charge is 2.13. The second kappa shape index (κ2) is 7.83. The molecule has 2 rings (SSSR count). The van der Waals surface area contributed by atoms with E-state index >= 15 is 0 Å². The van der Waals surface area contributed by atoms with Crippen molar-refractivity contribution >= 4 is 11.8 Å². The molecule has 0 unspecified atom stereocenters. The minimum absolute atomic E-state index is 0.257. The average molecular weight is 293 g/mol. The minimum Gasteiger partial charge on any atom is -0.376 e. The Balaban J connectivity index is 1.67. The summed E-state index contributed by atoms with van der Waals surface area (Å²) in [7, 11) is 0. The van der Waals surface area contributed by atoms with E-state index in [9.17, 15) is 9.59 Å². The van der Waals surface area contributed by atoms with Crippen LogP contribution in [0.15, 0.2) is 12.3 Å². The van der Waals surface area contributed by atoms with Gasteiger partial charge in [-0.1, -0.05) is 25.7 Å². The molecule has 4 N–H and O–H groups in total. The van der Waals surface area contributed by atoms with Gasteiger partial charge in [0.25, 0.3) is 5.91 Å². The molecule has 0 bridgehead atoms. The molecule has 1 aliphatic rings. The quantitative estimate of drug-likeness (QED) is 0.548. The summed E-state index contributed by atoms with van der Waals surface area (Å²) >= 11 is 0. The van der Waals surface area contributed by atoms with Crippen LogP contribution in [0, 0.1) is 0 Å². The van der Waals surface area contributed by atoms with E-state index in [-0.39, 0.29) is 5.91 Å². The number of primary amides is 1. The van der Waals surface area contributed by atoms with Crippen LogP contribution >= 0.6 is 0 Å². The number of H-pyrrole nitrogens is 1. The molecule has 2 amide bonds. The van der Waals surface area contributed by atoms with Gasteiger partial charge in [0.2, 0.25) is 5.91 Å². The van der Waals surface area contributed by atoms with E-state index in [4.69, 9.17) is 10.5 Å². The van der Waals surface area contributed by atoms with E-state index in [1.165, 1.54) is 37.9 Å². The smallest absolute Gasteiger partial charge is 0.267 e. The zero-order chi connectivity index (χ0) is 15.1. The number of hydrogen-bond donors (Lipinski definition) is 3. The fourth-order valence-corrected chi connectivity index (χ4v) is 2.56. The fourth-order valence-electron chi connectivity index (χ4n) is 2.56. The van der Waals surface area contributed by atoms with Gasteiger partial charge in [-0.3, -0.25) is 9.59 Å². The summed E-state index contributed by atoms with van der Waals surface area (Å²) in [6.45, 7) is 0.972. The highest BCUT2D eigenvalue weighted by atomic mass is 16.5. The summed E-state index contributed by atoms with van der Waals surface area (Å²) in [5.41, 5.74) is 5.77. The molecule has 6 heteroatoms. The van der Waals surface area contributed by atoms with Gasteiger partial charge < -0.3 is 20.8 Å². The molecule has 1 saturated carbocycles. The summed E-state index contributed by atoms with van der Waals surface area (Å²) in [6.07, 6.45) is 9.05. The molecular weight excluding hydrogens is 270 g/mol. The van der Waals surface area contributed by atoms with Crippen molar-refractivity contribution in [2.75, 3.05) is 13.2 Å². The maximum absolute atomic E-state index is 11.8. The Bertz CT molecular complexity index is 476. The standard InChI is InChI=1S/C15H23N3O3/c16-14(19)11-9-13(18-10-11)15(20)17-7-8-21-12-5-3-1-2-4-6-12/h9-10,12,18H,1-8H2,(H2,16,19)(H,17,20). The number of hydrogen-bond acceptors (Lipinski definition) is 3. The van der Waals surface area contributed by atoms with Crippen LogP contribution in [-0.2, 0) is 4.74 Å². The monoisotopic (exact) mass is 293 g/mol. The first-order chi connectivity index (χ1) is 10.2. The molecule has 0 aromatic carbocycles. The minimum atomic E-state index is -0.554. The highest BCUT2D eigenvalue weighted by molar-refractivity contribution is 5.98. The van der Waals surface area contributed by atoms with Crippen LogP contribution in [0.3, 0.4) is 0 Å². The lowest BCUT2D eigenvalue weighted by Crippen LogP contribution is -2.29. The molecule has 1 aromatic rings. The van der Waals surface area contributed by atoms with Gasteiger partial charge in [-0.15, -0.1) is 0 Å². The van der Waals surface area contributed by atoms with Crippen LogP contribution in [0.5, 0.6) is 0 Å². The number of carbonyl (C=O) groups is 2. The van der Waals surface area contributed by atoms with Crippen molar-refractivity contribution in [1.82, 2.24) is 10.3 Å². The highest BCUT2D eigenvalue weighted by Crippen LogP contribution is 2.19. The Labute approximate surface area is 124 Å². The topological polar surface area (TPSA) is 97.2 Å². The summed E-state index contributed by atoms with van der Waals surface area (Å²) in [6, 6.07) is 1.45. The Kier molecular flexibility index (Phi) is 5.80. The van der Waals surface area contributed by atoms with E-state index in [0.717, 1.165) is 12.8 Å². The van der Waals surface area contributed by atoms with E-state index in [1.807, 2.05) is 0 Å². The molecule has 1 aliphatic carbocycles. The molecule has 0 radical (unpaired) electrons. The molecule has 0 atom stereocenters. The second-order valence-electron chi connectivity index (χ2n) is 5.41. The van der Waals surface area contributed by atoms with Crippen molar-refractivity contribution in [1.29, 1.82) is 0 Å². The summed E-state index contributed by atoms with van der Waals surface area (Å²) in [4.78, 5) is 25.5. The lowest BCUT2D eigenvalue weighted by atomic mass is 10.1. The summed E-state index contributed by atoms with van der Waals surface area (Å²) in [5.74, 6) is -0.811. The zero-order valence-electron chi connectivity index (χ0n) is 12.2. The van der Waals surface area contributed by atoms with Crippen LogP contribution in [0.25, 0.3) is 0 Å². The summed E-state index contributed by atoms with van der Waals surface area (Å²) < 4.78 is 5.79. The number of nitrogens with two attached hydrogens (primary N) is 1.